The molecule has 1 unspecified atom stereocenters. The Bertz CT molecular complexity index is 268. The van der Waals surface area contributed by atoms with Gasteiger partial charge in [0.15, 0.2) is 0 Å². The second-order valence-corrected chi connectivity index (χ2v) is 4.31. The number of thiazole rings is 1. The molecule has 3 nitrogen and oxygen atoms in total. The molecule has 0 aromatic carbocycles. The zero-order valence-electron chi connectivity index (χ0n) is 7.53. The van der Waals surface area contributed by atoms with Gasteiger partial charge in [0.2, 0.25) is 0 Å². The zero-order chi connectivity index (χ0) is 9.10. The summed E-state index contributed by atoms with van der Waals surface area (Å²) in [5.41, 5.74) is 6.50. The van der Waals surface area contributed by atoms with E-state index in [4.69, 9.17) is 10.5 Å². The van der Waals surface area contributed by atoms with E-state index in [1.807, 2.05) is 5.38 Å². The van der Waals surface area contributed by atoms with Crippen LogP contribution in [0.1, 0.15) is 17.1 Å². The summed E-state index contributed by atoms with van der Waals surface area (Å²) in [6.07, 6.45) is 2.24. The lowest BCUT2D eigenvalue weighted by Crippen LogP contribution is -2.04. The van der Waals surface area contributed by atoms with Crippen molar-refractivity contribution in [1.82, 2.24) is 4.98 Å². The first-order valence-electron chi connectivity index (χ1n) is 4.59. The second kappa shape index (κ2) is 4.17. The van der Waals surface area contributed by atoms with Crippen LogP contribution in [0.4, 0.5) is 0 Å². The SMILES string of the molecule is NCc1csc(CC2CCOC2)n1. The molecule has 2 rings (SSSR count). The molecule has 1 aromatic heterocycles. The van der Waals surface area contributed by atoms with Crippen LogP contribution in [0.3, 0.4) is 0 Å². The third-order valence-electron chi connectivity index (χ3n) is 2.30. The normalized spacial score (nSPS) is 22.4. The fourth-order valence-electron chi connectivity index (χ4n) is 1.53. The van der Waals surface area contributed by atoms with E-state index in [9.17, 15) is 0 Å². The van der Waals surface area contributed by atoms with Gasteiger partial charge in [-0.3, -0.25) is 0 Å². The molecule has 0 saturated carbocycles. The van der Waals surface area contributed by atoms with Crippen LogP contribution in [0.15, 0.2) is 5.38 Å². The standard InChI is InChI=1S/C9H14N2OS/c10-4-8-6-13-9(11-8)3-7-1-2-12-5-7/h6-7H,1-5,10H2. The maximum atomic E-state index is 5.49. The number of aromatic nitrogens is 1. The Labute approximate surface area is 81.9 Å². The Morgan fingerprint density at radius 3 is 3.23 bits per heavy atom. The second-order valence-electron chi connectivity index (χ2n) is 3.37. The minimum atomic E-state index is 0.553. The topological polar surface area (TPSA) is 48.1 Å². The number of rotatable bonds is 3. The summed E-state index contributed by atoms with van der Waals surface area (Å²) in [6.45, 7) is 2.37. The van der Waals surface area contributed by atoms with Crippen molar-refractivity contribution in [3.8, 4) is 0 Å². The summed E-state index contributed by atoms with van der Waals surface area (Å²) in [5, 5.41) is 3.25. The van der Waals surface area contributed by atoms with Crippen LogP contribution in [0.2, 0.25) is 0 Å². The Balaban J connectivity index is 1.92. The van der Waals surface area contributed by atoms with Crippen molar-refractivity contribution in [2.75, 3.05) is 13.2 Å². The van der Waals surface area contributed by atoms with Crippen LogP contribution in [0.25, 0.3) is 0 Å². The Morgan fingerprint density at radius 2 is 2.62 bits per heavy atom. The lowest BCUT2D eigenvalue weighted by Gasteiger charge is -2.02. The van der Waals surface area contributed by atoms with E-state index in [1.54, 1.807) is 11.3 Å². The van der Waals surface area contributed by atoms with E-state index in [2.05, 4.69) is 4.98 Å². The molecule has 2 heterocycles. The smallest absolute Gasteiger partial charge is 0.0932 e. The predicted molar refractivity (Wildman–Crippen MR) is 52.6 cm³/mol. The van der Waals surface area contributed by atoms with E-state index in [0.717, 1.165) is 25.3 Å². The number of ether oxygens (including phenoxy) is 1. The zero-order valence-corrected chi connectivity index (χ0v) is 8.35. The lowest BCUT2D eigenvalue weighted by molar-refractivity contribution is 0.186. The van der Waals surface area contributed by atoms with E-state index in [-0.39, 0.29) is 0 Å². The van der Waals surface area contributed by atoms with Gasteiger partial charge in [0.05, 0.1) is 10.7 Å². The van der Waals surface area contributed by atoms with Crippen molar-refractivity contribution < 1.29 is 4.74 Å². The summed E-state index contributed by atoms with van der Waals surface area (Å²) < 4.78 is 5.31. The number of hydrogen-bond acceptors (Lipinski definition) is 4. The highest BCUT2D eigenvalue weighted by molar-refractivity contribution is 7.09. The van der Waals surface area contributed by atoms with Crippen LogP contribution >= 0.6 is 11.3 Å². The van der Waals surface area contributed by atoms with Crippen molar-refractivity contribution in [1.29, 1.82) is 0 Å². The van der Waals surface area contributed by atoms with Crippen molar-refractivity contribution in [3.05, 3.63) is 16.1 Å². The maximum Gasteiger partial charge on any atom is 0.0932 e. The Hall–Kier alpha value is -0.450. The predicted octanol–water partition coefficient (Wildman–Crippen LogP) is 1.18. The number of hydrogen-bond donors (Lipinski definition) is 1. The average molecular weight is 198 g/mol. The molecule has 0 radical (unpaired) electrons. The molecule has 0 spiro atoms. The quantitative estimate of drug-likeness (QED) is 0.793. The molecule has 72 valence electrons. The summed E-state index contributed by atoms with van der Waals surface area (Å²) in [6, 6.07) is 0. The molecule has 0 bridgehead atoms. The van der Waals surface area contributed by atoms with Gasteiger partial charge in [0.1, 0.15) is 0 Å². The molecule has 2 N–H and O–H groups in total. The van der Waals surface area contributed by atoms with Gasteiger partial charge in [0, 0.05) is 31.6 Å². The molecule has 0 aliphatic carbocycles. The summed E-state index contributed by atoms with van der Waals surface area (Å²) in [5.74, 6) is 0.678. The van der Waals surface area contributed by atoms with E-state index < -0.39 is 0 Å². The van der Waals surface area contributed by atoms with Gasteiger partial charge < -0.3 is 10.5 Å². The van der Waals surface area contributed by atoms with Crippen LogP contribution in [-0.4, -0.2) is 18.2 Å². The molecular weight excluding hydrogens is 184 g/mol. The molecule has 1 aliphatic rings. The first-order valence-corrected chi connectivity index (χ1v) is 5.47. The average Bonchev–Trinajstić information content (AvgIpc) is 2.76. The van der Waals surface area contributed by atoms with Gasteiger partial charge in [-0.1, -0.05) is 0 Å². The molecule has 1 fully saturated rings. The molecule has 1 saturated heterocycles. The van der Waals surface area contributed by atoms with E-state index in [0.29, 0.717) is 12.5 Å². The minimum Gasteiger partial charge on any atom is -0.381 e. The largest absolute Gasteiger partial charge is 0.381 e. The van der Waals surface area contributed by atoms with Gasteiger partial charge in [-0.15, -0.1) is 11.3 Å². The molecule has 0 amide bonds. The van der Waals surface area contributed by atoms with Crippen molar-refractivity contribution >= 4 is 11.3 Å². The molecule has 4 heteroatoms. The monoisotopic (exact) mass is 198 g/mol. The minimum absolute atomic E-state index is 0.553. The maximum absolute atomic E-state index is 5.49. The van der Waals surface area contributed by atoms with Crippen LogP contribution in [-0.2, 0) is 17.7 Å². The highest BCUT2D eigenvalue weighted by atomic mass is 32.1. The summed E-state index contributed by atoms with van der Waals surface area (Å²) in [7, 11) is 0. The van der Waals surface area contributed by atoms with Crippen molar-refractivity contribution in [3.63, 3.8) is 0 Å². The first-order chi connectivity index (χ1) is 6.38. The van der Waals surface area contributed by atoms with Crippen molar-refractivity contribution in [2.24, 2.45) is 11.7 Å². The van der Waals surface area contributed by atoms with Crippen LogP contribution in [0, 0.1) is 5.92 Å². The van der Waals surface area contributed by atoms with Gasteiger partial charge >= 0.3 is 0 Å². The third-order valence-corrected chi connectivity index (χ3v) is 3.22. The van der Waals surface area contributed by atoms with E-state index >= 15 is 0 Å². The molecular formula is C9H14N2OS. The van der Waals surface area contributed by atoms with Crippen molar-refractivity contribution in [2.45, 2.75) is 19.4 Å². The fourth-order valence-corrected chi connectivity index (χ4v) is 2.45. The fraction of sp³-hybridized carbons (Fsp3) is 0.667. The third kappa shape index (κ3) is 2.27. The highest BCUT2D eigenvalue weighted by Crippen LogP contribution is 2.20. The Kier molecular flexibility index (Phi) is 2.93. The van der Waals surface area contributed by atoms with Crippen LogP contribution < -0.4 is 5.73 Å². The van der Waals surface area contributed by atoms with Gasteiger partial charge in [-0.25, -0.2) is 4.98 Å². The van der Waals surface area contributed by atoms with Gasteiger partial charge in [-0.05, 0) is 12.3 Å². The summed E-state index contributed by atoms with van der Waals surface area (Å²) >= 11 is 1.71. The number of nitrogens with zero attached hydrogens (tertiary/aromatic N) is 1. The summed E-state index contributed by atoms with van der Waals surface area (Å²) in [4.78, 5) is 4.43. The first kappa shape index (κ1) is 9.12. The molecule has 13 heavy (non-hydrogen) atoms. The molecule has 1 aromatic rings. The lowest BCUT2D eigenvalue weighted by atomic mass is 10.1. The van der Waals surface area contributed by atoms with Crippen LogP contribution in [0.5, 0.6) is 0 Å². The Morgan fingerprint density at radius 1 is 1.69 bits per heavy atom. The highest BCUT2D eigenvalue weighted by Gasteiger charge is 2.17. The van der Waals surface area contributed by atoms with E-state index in [1.165, 1.54) is 11.4 Å². The number of nitrogens with two attached hydrogens (primary N) is 1. The molecule has 1 atom stereocenters. The van der Waals surface area contributed by atoms with Gasteiger partial charge in [-0.2, -0.15) is 0 Å². The van der Waals surface area contributed by atoms with Gasteiger partial charge in [0.25, 0.3) is 0 Å². The molecule has 1 aliphatic heterocycles.